The highest BCUT2D eigenvalue weighted by Crippen LogP contribution is 2.43. The number of benzene rings is 2. The lowest BCUT2D eigenvalue weighted by atomic mass is 9.77. The van der Waals surface area contributed by atoms with Crippen LogP contribution in [0.4, 0.5) is 4.39 Å². The van der Waals surface area contributed by atoms with Crippen LogP contribution in [0.1, 0.15) is 69.9 Å². The van der Waals surface area contributed by atoms with E-state index in [9.17, 15) is 5.11 Å². The third-order valence-electron chi connectivity index (χ3n) is 9.42. The number of pyridine rings is 1. The van der Waals surface area contributed by atoms with E-state index in [1.165, 1.54) is 12.8 Å². The SMILES string of the molecule is CC1(O)CCCC(c2nc(OCC34CCCN3CCC4)nc3c(F)c(-c4cccc5cccc(Cl)c45)ncc23)C1. The largest absolute Gasteiger partial charge is 0.461 e. The van der Waals surface area contributed by atoms with Gasteiger partial charge in [-0.15, -0.1) is 0 Å². The Hall–Kier alpha value is -2.87. The summed E-state index contributed by atoms with van der Waals surface area (Å²) < 4.78 is 22.9. The Morgan fingerprint density at radius 2 is 1.85 bits per heavy atom. The molecule has 1 saturated carbocycles. The number of hydrogen-bond acceptors (Lipinski definition) is 6. The van der Waals surface area contributed by atoms with Gasteiger partial charge in [0.2, 0.25) is 0 Å². The smallest absolute Gasteiger partial charge is 0.317 e. The normalized spacial score (nSPS) is 24.6. The lowest BCUT2D eigenvalue weighted by molar-refractivity contribution is 0.0140. The van der Waals surface area contributed by atoms with Crippen LogP contribution in [0.15, 0.2) is 42.6 Å². The molecule has 6 nitrogen and oxygen atoms in total. The third kappa shape index (κ3) is 4.43. The molecule has 3 aliphatic rings. The second-order valence-corrected chi connectivity index (χ2v) is 12.6. The van der Waals surface area contributed by atoms with E-state index in [2.05, 4.69) is 14.9 Å². The Morgan fingerprint density at radius 3 is 2.62 bits per heavy atom. The molecule has 0 radical (unpaired) electrons. The fourth-order valence-electron chi connectivity index (χ4n) is 7.47. The van der Waals surface area contributed by atoms with E-state index in [-0.39, 0.29) is 28.7 Å². The van der Waals surface area contributed by atoms with Gasteiger partial charge < -0.3 is 9.84 Å². The number of hydrogen-bond donors (Lipinski definition) is 1. The molecule has 2 atom stereocenters. The van der Waals surface area contributed by atoms with Gasteiger partial charge >= 0.3 is 6.01 Å². The van der Waals surface area contributed by atoms with Gasteiger partial charge in [0.1, 0.15) is 17.8 Å². The van der Waals surface area contributed by atoms with Crippen LogP contribution in [-0.2, 0) is 0 Å². The first kappa shape index (κ1) is 26.1. The molecule has 2 unspecified atom stereocenters. The van der Waals surface area contributed by atoms with Crippen molar-refractivity contribution in [1.29, 1.82) is 0 Å². The molecule has 0 bridgehead atoms. The number of aromatic nitrogens is 3. The molecule has 7 rings (SSSR count). The van der Waals surface area contributed by atoms with Crippen molar-refractivity contribution < 1.29 is 14.2 Å². The molecular formula is C32H34ClFN4O2. The molecule has 0 spiro atoms. The van der Waals surface area contributed by atoms with Gasteiger partial charge in [-0.1, -0.05) is 41.9 Å². The Labute approximate surface area is 238 Å². The van der Waals surface area contributed by atoms with E-state index >= 15 is 4.39 Å². The average molecular weight is 561 g/mol. The number of ether oxygens (including phenoxy) is 1. The summed E-state index contributed by atoms with van der Waals surface area (Å²) in [5.41, 5.74) is 0.966. The molecule has 1 N–H and O–H groups in total. The molecule has 2 aliphatic heterocycles. The van der Waals surface area contributed by atoms with Gasteiger partial charge in [0.05, 0.1) is 16.8 Å². The van der Waals surface area contributed by atoms with Crippen molar-refractivity contribution in [2.45, 2.75) is 75.3 Å². The lowest BCUT2D eigenvalue weighted by Crippen LogP contribution is -2.43. The summed E-state index contributed by atoms with van der Waals surface area (Å²) in [6.45, 7) is 4.57. The molecule has 208 valence electrons. The van der Waals surface area contributed by atoms with E-state index in [4.69, 9.17) is 21.3 Å². The van der Waals surface area contributed by atoms with E-state index in [1.54, 1.807) is 6.20 Å². The summed E-state index contributed by atoms with van der Waals surface area (Å²) in [4.78, 5) is 16.7. The maximum atomic E-state index is 16.5. The van der Waals surface area contributed by atoms with Crippen molar-refractivity contribution in [3.63, 3.8) is 0 Å². The Morgan fingerprint density at radius 1 is 1.07 bits per heavy atom. The zero-order chi connectivity index (χ0) is 27.5. The summed E-state index contributed by atoms with van der Waals surface area (Å²) >= 11 is 6.58. The standard InChI is InChI=1S/C32H34ClFN4O2/c1-31(39)12-4-9-21(17-31)27-23-18-35-28(22-10-2-7-20-8-3-11-24(33)25(20)22)26(34)29(23)37-30(36-27)40-19-32-13-5-15-38(32)16-6-14-32/h2-3,7-8,10-11,18,21,39H,4-6,9,12-17,19H2,1H3. The van der Waals surface area contributed by atoms with Crippen LogP contribution in [0.3, 0.4) is 0 Å². The highest BCUT2D eigenvalue weighted by molar-refractivity contribution is 6.36. The maximum Gasteiger partial charge on any atom is 0.317 e. The minimum atomic E-state index is -0.792. The molecule has 4 heterocycles. The zero-order valence-corrected chi connectivity index (χ0v) is 23.6. The fourth-order valence-corrected chi connectivity index (χ4v) is 7.76. The maximum absolute atomic E-state index is 16.5. The van der Waals surface area contributed by atoms with Crippen LogP contribution in [0.5, 0.6) is 6.01 Å². The van der Waals surface area contributed by atoms with Crippen molar-refractivity contribution in [2.24, 2.45) is 0 Å². The first-order chi connectivity index (χ1) is 19.3. The minimum absolute atomic E-state index is 0.0225. The van der Waals surface area contributed by atoms with Crippen molar-refractivity contribution in [1.82, 2.24) is 19.9 Å². The van der Waals surface area contributed by atoms with Crippen LogP contribution in [-0.4, -0.2) is 55.8 Å². The van der Waals surface area contributed by atoms with Crippen molar-refractivity contribution in [3.8, 4) is 17.3 Å². The average Bonchev–Trinajstić information content (AvgIpc) is 3.52. The number of halogens is 2. The molecule has 8 heteroatoms. The fraction of sp³-hybridized carbons (Fsp3) is 0.469. The zero-order valence-electron chi connectivity index (χ0n) is 22.8. The number of nitrogens with zero attached hydrogens (tertiary/aromatic N) is 4. The first-order valence-electron chi connectivity index (χ1n) is 14.5. The number of fused-ring (bicyclic) bond motifs is 3. The molecule has 2 saturated heterocycles. The van der Waals surface area contributed by atoms with Gasteiger partial charge in [0.15, 0.2) is 5.82 Å². The van der Waals surface area contributed by atoms with Gasteiger partial charge in [0, 0.05) is 33.5 Å². The molecule has 4 aromatic rings. The van der Waals surface area contributed by atoms with E-state index < -0.39 is 11.4 Å². The molecule has 1 aliphatic carbocycles. The van der Waals surface area contributed by atoms with Crippen LogP contribution in [0.2, 0.25) is 5.02 Å². The summed E-state index contributed by atoms with van der Waals surface area (Å²) in [6.07, 6.45) is 9.25. The second kappa shape index (κ2) is 9.89. The van der Waals surface area contributed by atoms with Crippen LogP contribution >= 0.6 is 11.6 Å². The van der Waals surface area contributed by atoms with Crippen molar-refractivity contribution >= 4 is 33.3 Å². The molecule has 40 heavy (non-hydrogen) atoms. The lowest BCUT2D eigenvalue weighted by Gasteiger charge is -2.34. The number of aliphatic hydroxyl groups is 1. The monoisotopic (exact) mass is 560 g/mol. The topological polar surface area (TPSA) is 71.4 Å². The minimum Gasteiger partial charge on any atom is -0.461 e. The van der Waals surface area contributed by atoms with Gasteiger partial charge in [-0.25, -0.2) is 4.39 Å². The highest BCUT2D eigenvalue weighted by atomic mass is 35.5. The molecule has 2 aromatic heterocycles. The Balaban J connectivity index is 1.36. The van der Waals surface area contributed by atoms with Crippen molar-refractivity contribution in [2.75, 3.05) is 19.7 Å². The Kier molecular flexibility index (Phi) is 6.45. The van der Waals surface area contributed by atoms with Crippen LogP contribution in [0.25, 0.3) is 32.9 Å². The van der Waals surface area contributed by atoms with Gasteiger partial charge in [0.25, 0.3) is 0 Å². The van der Waals surface area contributed by atoms with Gasteiger partial charge in [-0.3, -0.25) is 9.88 Å². The summed E-state index contributed by atoms with van der Waals surface area (Å²) in [7, 11) is 0. The third-order valence-corrected chi connectivity index (χ3v) is 9.74. The molecular weight excluding hydrogens is 527 g/mol. The highest BCUT2D eigenvalue weighted by Gasteiger charge is 2.45. The van der Waals surface area contributed by atoms with Crippen LogP contribution < -0.4 is 4.74 Å². The van der Waals surface area contributed by atoms with E-state index in [0.717, 1.165) is 56.0 Å². The number of rotatable bonds is 5. The van der Waals surface area contributed by atoms with Gasteiger partial charge in [-0.05, 0) is 82.8 Å². The summed E-state index contributed by atoms with van der Waals surface area (Å²) in [5, 5.41) is 13.7. The molecule has 2 aromatic carbocycles. The quantitative estimate of drug-likeness (QED) is 0.282. The molecule has 0 amide bonds. The summed E-state index contributed by atoms with van der Waals surface area (Å²) in [6, 6.07) is 11.5. The van der Waals surface area contributed by atoms with Crippen LogP contribution in [0, 0.1) is 5.82 Å². The van der Waals surface area contributed by atoms with Crippen molar-refractivity contribution in [3.05, 3.63) is 59.1 Å². The van der Waals surface area contributed by atoms with E-state index in [1.807, 2.05) is 43.3 Å². The Bertz CT molecular complexity index is 1590. The first-order valence-corrected chi connectivity index (χ1v) is 14.9. The molecule has 3 fully saturated rings. The second-order valence-electron chi connectivity index (χ2n) is 12.2. The predicted octanol–water partition coefficient (Wildman–Crippen LogP) is 7.05. The predicted molar refractivity (Wildman–Crippen MR) is 155 cm³/mol. The summed E-state index contributed by atoms with van der Waals surface area (Å²) in [5.74, 6) is -0.550. The van der Waals surface area contributed by atoms with E-state index in [0.29, 0.717) is 34.7 Å². The van der Waals surface area contributed by atoms with Gasteiger partial charge in [-0.2, -0.15) is 9.97 Å².